The Morgan fingerprint density at radius 3 is 2.73 bits per heavy atom. The number of nitrogens with one attached hydrogen (secondary N) is 2. The maximum atomic E-state index is 11.9. The van der Waals surface area contributed by atoms with E-state index in [0.29, 0.717) is 50.6 Å². The average Bonchev–Trinajstić information content (AvgIpc) is 3.19. The molecular weight excluding hydrogens is 336 g/mol. The first-order valence-corrected chi connectivity index (χ1v) is 9.09. The molecule has 2 rings (SSSR count). The van der Waals surface area contributed by atoms with Crippen LogP contribution in [0.1, 0.15) is 31.7 Å². The minimum atomic E-state index is -0.333. The summed E-state index contributed by atoms with van der Waals surface area (Å²) < 4.78 is 16.1. The van der Waals surface area contributed by atoms with Crippen LogP contribution in [0, 0.1) is 0 Å². The van der Waals surface area contributed by atoms with Gasteiger partial charge in [-0.05, 0) is 43.9 Å². The lowest BCUT2D eigenvalue weighted by atomic mass is 10.1. The van der Waals surface area contributed by atoms with Gasteiger partial charge in [0.05, 0.1) is 13.7 Å². The molecule has 0 aliphatic carbocycles. The molecule has 7 nitrogen and oxygen atoms in total. The Kier molecular flexibility index (Phi) is 8.21. The van der Waals surface area contributed by atoms with Crippen LogP contribution in [-0.2, 0) is 20.7 Å². The minimum Gasteiger partial charge on any atom is -0.493 e. The van der Waals surface area contributed by atoms with Crippen LogP contribution in [0.3, 0.4) is 0 Å². The predicted molar refractivity (Wildman–Crippen MR) is 97.5 cm³/mol. The Morgan fingerprint density at radius 1 is 1.23 bits per heavy atom. The molecule has 0 saturated carbocycles. The second kappa shape index (κ2) is 10.7. The van der Waals surface area contributed by atoms with Crippen molar-refractivity contribution >= 4 is 11.8 Å². The molecule has 1 atom stereocenters. The maximum Gasteiger partial charge on any atom is 0.249 e. The molecule has 7 heteroatoms. The summed E-state index contributed by atoms with van der Waals surface area (Å²) in [7, 11) is 1.60. The van der Waals surface area contributed by atoms with Crippen molar-refractivity contribution in [3.05, 3.63) is 23.8 Å². The SMILES string of the molecule is CCOc1ccc(CCC(=O)NCCNC(=O)C2CCCO2)cc1OC. The number of benzene rings is 1. The molecule has 0 spiro atoms. The van der Waals surface area contributed by atoms with Crippen molar-refractivity contribution in [2.45, 2.75) is 38.7 Å². The van der Waals surface area contributed by atoms with Crippen LogP contribution in [0.2, 0.25) is 0 Å². The molecule has 1 heterocycles. The molecule has 2 N–H and O–H groups in total. The van der Waals surface area contributed by atoms with Crippen molar-refractivity contribution < 1.29 is 23.8 Å². The van der Waals surface area contributed by atoms with Gasteiger partial charge in [0.25, 0.3) is 0 Å². The zero-order valence-corrected chi connectivity index (χ0v) is 15.5. The fourth-order valence-corrected chi connectivity index (χ4v) is 2.77. The van der Waals surface area contributed by atoms with Crippen LogP contribution < -0.4 is 20.1 Å². The zero-order valence-electron chi connectivity index (χ0n) is 15.5. The number of ether oxygens (including phenoxy) is 3. The molecule has 1 aliphatic rings. The number of carbonyl (C=O) groups is 2. The summed E-state index contributed by atoms with van der Waals surface area (Å²) in [6.07, 6.45) is 2.34. The molecule has 26 heavy (non-hydrogen) atoms. The van der Waals surface area contributed by atoms with Gasteiger partial charge in [-0.25, -0.2) is 0 Å². The van der Waals surface area contributed by atoms with E-state index in [4.69, 9.17) is 14.2 Å². The Hall–Kier alpha value is -2.28. The van der Waals surface area contributed by atoms with E-state index in [1.54, 1.807) is 7.11 Å². The van der Waals surface area contributed by atoms with Gasteiger partial charge in [0, 0.05) is 26.1 Å². The molecule has 2 amide bonds. The van der Waals surface area contributed by atoms with E-state index in [1.165, 1.54) is 0 Å². The summed E-state index contributed by atoms with van der Waals surface area (Å²) in [6, 6.07) is 5.68. The van der Waals surface area contributed by atoms with Crippen LogP contribution in [0.5, 0.6) is 11.5 Å². The number of amides is 2. The molecule has 1 aliphatic heterocycles. The van der Waals surface area contributed by atoms with Crippen molar-refractivity contribution in [2.75, 3.05) is 33.4 Å². The van der Waals surface area contributed by atoms with Crippen molar-refractivity contribution in [2.24, 2.45) is 0 Å². The lowest BCUT2D eigenvalue weighted by Gasteiger charge is -2.12. The molecular formula is C19H28N2O5. The summed E-state index contributed by atoms with van der Waals surface area (Å²) in [5.74, 6) is 1.22. The fraction of sp³-hybridized carbons (Fsp3) is 0.579. The molecule has 1 unspecified atom stereocenters. The summed E-state index contributed by atoms with van der Waals surface area (Å²) in [5, 5.41) is 5.59. The third-order valence-electron chi connectivity index (χ3n) is 4.14. The second-order valence-corrected chi connectivity index (χ2v) is 6.06. The van der Waals surface area contributed by atoms with E-state index in [1.807, 2.05) is 25.1 Å². The van der Waals surface area contributed by atoms with E-state index in [0.717, 1.165) is 18.4 Å². The summed E-state index contributed by atoms with van der Waals surface area (Å²) >= 11 is 0. The van der Waals surface area contributed by atoms with Crippen LogP contribution in [0.4, 0.5) is 0 Å². The van der Waals surface area contributed by atoms with Gasteiger partial charge in [-0.2, -0.15) is 0 Å². The van der Waals surface area contributed by atoms with E-state index < -0.39 is 0 Å². The molecule has 1 fully saturated rings. The summed E-state index contributed by atoms with van der Waals surface area (Å²) in [6.45, 7) is 3.94. The Labute approximate surface area is 154 Å². The predicted octanol–water partition coefficient (Wildman–Crippen LogP) is 1.44. The van der Waals surface area contributed by atoms with Crippen LogP contribution in [0.25, 0.3) is 0 Å². The van der Waals surface area contributed by atoms with Crippen LogP contribution >= 0.6 is 0 Å². The van der Waals surface area contributed by atoms with Crippen molar-refractivity contribution in [3.63, 3.8) is 0 Å². The number of aryl methyl sites for hydroxylation is 1. The topological polar surface area (TPSA) is 85.9 Å². The standard InChI is InChI=1S/C19H28N2O5/c1-3-25-15-8-6-14(13-17(15)24-2)7-9-18(22)20-10-11-21-19(23)16-5-4-12-26-16/h6,8,13,16H,3-5,7,9-12H2,1-2H3,(H,20,22)(H,21,23). The second-order valence-electron chi connectivity index (χ2n) is 6.06. The number of methoxy groups -OCH3 is 1. The van der Waals surface area contributed by atoms with Gasteiger partial charge in [-0.15, -0.1) is 0 Å². The van der Waals surface area contributed by atoms with Crippen LogP contribution in [0.15, 0.2) is 18.2 Å². The lowest BCUT2D eigenvalue weighted by molar-refractivity contribution is -0.130. The highest BCUT2D eigenvalue weighted by Crippen LogP contribution is 2.28. The fourth-order valence-electron chi connectivity index (χ4n) is 2.77. The van der Waals surface area contributed by atoms with Crippen molar-refractivity contribution in [3.8, 4) is 11.5 Å². The van der Waals surface area contributed by atoms with E-state index in [9.17, 15) is 9.59 Å². The van der Waals surface area contributed by atoms with Gasteiger partial charge in [0.2, 0.25) is 11.8 Å². The lowest BCUT2D eigenvalue weighted by Crippen LogP contribution is -2.39. The monoisotopic (exact) mass is 364 g/mol. The van der Waals surface area contributed by atoms with E-state index in [2.05, 4.69) is 10.6 Å². The number of hydrogen-bond acceptors (Lipinski definition) is 5. The zero-order chi connectivity index (χ0) is 18.8. The van der Waals surface area contributed by atoms with Crippen molar-refractivity contribution in [1.82, 2.24) is 10.6 Å². The number of carbonyl (C=O) groups excluding carboxylic acids is 2. The molecule has 1 aromatic carbocycles. The van der Waals surface area contributed by atoms with Gasteiger partial charge < -0.3 is 24.8 Å². The Morgan fingerprint density at radius 2 is 2.04 bits per heavy atom. The van der Waals surface area contributed by atoms with Gasteiger partial charge in [0.15, 0.2) is 11.5 Å². The summed E-state index contributed by atoms with van der Waals surface area (Å²) in [4.78, 5) is 23.7. The Bertz CT molecular complexity index is 600. The first-order valence-electron chi connectivity index (χ1n) is 9.09. The van der Waals surface area contributed by atoms with Crippen molar-refractivity contribution in [1.29, 1.82) is 0 Å². The maximum absolute atomic E-state index is 11.9. The van der Waals surface area contributed by atoms with E-state index in [-0.39, 0.29) is 17.9 Å². The molecule has 1 saturated heterocycles. The first kappa shape index (κ1) is 20.0. The minimum absolute atomic E-state index is 0.0517. The van der Waals surface area contributed by atoms with Gasteiger partial charge in [-0.1, -0.05) is 6.07 Å². The highest BCUT2D eigenvalue weighted by Gasteiger charge is 2.22. The highest BCUT2D eigenvalue weighted by atomic mass is 16.5. The molecule has 1 aromatic rings. The van der Waals surface area contributed by atoms with Gasteiger partial charge in [-0.3, -0.25) is 9.59 Å². The quantitative estimate of drug-likeness (QED) is 0.614. The Balaban J connectivity index is 1.66. The third-order valence-corrected chi connectivity index (χ3v) is 4.14. The smallest absolute Gasteiger partial charge is 0.249 e. The molecule has 0 bridgehead atoms. The first-order chi connectivity index (χ1) is 12.6. The van der Waals surface area contributed by atoms with Crippen LogP contribution in [-0.4, -0.2) is 51.3 Å². The molecule has 0 aromatic heterocycles. The summed E-state index contributed by atoms with van der Waals surface area (Å²) in [5.41, 5.74) is 1.01. The third kappa shape index (κ3) is 6.22. The van der Waals surface area contributed by atoms with Gasteiger partial charge >= 0.3 is 0 Å². The normalized spacial score (nSPS) is 16.2. The number of hydrogen-bond donors (Lipinski definition) is 2. The molecule has 0 radical (unpaired) electrons. The average molecular weight is 364 g/mol. The number of rotatable bonds is 10. The van der Waals surface area contributed by atoms with Gasteiger partial charge in [0.1, 0.15) is 6.10 Å². The highest BCUT2D eigenvalue weighted by molar-refractivity contribution is 5.81. The molecule has 144 valence electrons. The largest absolute Gasteiger partial charge is 0.493 e. The van der Waals surface area contributed by atoms with E-state index >= 15 is 0 Å².